The van der Waals surface area contributed by atoms with E-state index < -0.39 is 0 Å². The van der Waals surface area contributed by atoms with E-state index in [1.165, 1.54) is 122 Å². The highest BCUT2D eigenvalue weighted by atomic mass is 15.3. The number of nitrogens with one attached hydrogen (secondary N) is 2. The van der Waals surface area contributed by atoms with E-state index in [1.807, 2.05) is 0 Å². The van der Waals surface area contributed by atoms with Crippen molar-refractivity contribution in [3.8, 4) is 22.5 Å². The van der Waals surface area contributed by atoms with Gasteiger partial charge in [-0.15, -0.1) is 0 Å². The highest BCUT2D eigenvalue weighted by Gasteiger charge is 2.37. The Balaban J connectivity index is 1.09. The second-order valence-corrected chi connectivity index (χ2v) is 12.8. The number of likely N-dealkylation sites (tertiary alicyclic amines) is 2. The molecule has 2 saturated heterocycles. The zero-order valence-electron chi connectivity index (χ0n) is 25.9. The SMILES string of the molecule is CCCCc1cccc(-c2ccc(CN3CCC[C@H]3[C@@H]3CCCN3Cc3ccc(-c4cccc(CCCC)c4)[nH]3)[nH]2)c1. The van der Waals surface area contributed by atoms with Crippen LogP contribution >= 0.6 is 0 Å². The molecule has 0 spiro atoms. The molecule has 2 fully saturated rings. The topological polar surface area (TPSA) is 38.1 Å². The van der Waals surface area contributed by atoms with Crippen LogP contribution in [0.3, 0.4) is 0 Å². The third-order valence-electron chi connectivity index (χ3n) is 9.63. The minimum atomic E-state index is 0.640. The summed E-state index contributed by atoms with van der Waals surface area (Å²) >= 11 is 0. The van der Waals surface area contributed by atoms with Crippen LogP contribution in [-0.4, -0.2) is 44.9 Å². The fourth-order valence-electron chi connectivity index (χ4n) is 7.36. The zero-order valence-corrected chi connectivity index (χ0v) is 25.9. The molecule has 0 aliphatic carbocycles. The lowest BCUT2D eigenvalue weighted by Gasteiger charge is -2.34. The Morgan fingerprint density at radius 1 is 0.619 bits per heavy atom. The average Bonchev–Trinajstić information content (AvgIpc) is 3.84. The number of H-pyrrole nitrogens is 2. The highest BCUT2D eigenvalue weighted by Crippen LogP contribution is 2.33. The largest absolute Gasteiger partial charge is 0.357 e. The van der Waals surface area contributed by atoms with Crippen molar-refractivity contribution in [3.63, 3.8) is 0 Å². The number of aryl methyl sites for hydroxylation is 2. The minimum absolute atomic E-state index is 0.640. The Bertz CT molecular complexity index is 1310. The molecule has 2 aromatic carbocycles. The van der Waals surface area contributed by atoms with Crippen molar-refractivity contribution in [2.75, 3.05) is 13.1 Å². The molecule has 222 valence electrons. The molecule has 0 amide bonds. The fourth-order valence-corrected chi connectivity index (χ4v) is 7.36. The van der Waals surface area contributed by atoms with Crippen LogP contribution in [-0.2, 0) is 25.9 Å². The lowest BCUT2D eigenvalue weighted by Crippen LogP contribution is -2.45. The third kappa shape index (κ3) is 6.93. The van der Waals surface area contributed by atoms with Gasteiger partial charge in [0.2, 0.25) is 0 Å². The molecule has 4 aromatic rings. The highest BCUT2D eigenvalue weighted by molar-refractivity contribution is 5.61. The summed E-state index contributed by atoms with van der Waals surface area (Å²) in [7, 11) is 0. The molecule has 0 bridgehead atoms. The van der Waals surface area contributed by atoms with Crippen molar-refractivity contribution in [1.29, 1.82) is 0 Å². The van der Waals surface area contributed by atoms with Crippen molar-refractivity contribution in [2.24, 2.45) is 0 Å². The molecule has 4 heteroatoms. The zero-order chi connectivity index (χ0) is 28.7. The summed E-state index contributed by atoms with van der Waals surface area (Å²) in [5, 5.41) is 0. The van der Waals surface area contributed by atoms with Gasteiger partial charge in [-0.2, -0.15) is 0 Å². The third-order valence-corrected chi connectivity index (χ3v) is 9.63. The van der Waals surface area contributed by atoms with Crippen LogP contribution in [0.5, 0.6) is 0 Å². The lowest BCUT2D eigenvalue weighted by molar-refractivity contribution is 0.122. The van der Waals surface area contributed by atoms with Gasteiger partial charge < -0.3 is 9.97 Å². The van der Waals surface area contributed by atoms with E-state index in [0.717, 1.165) is 13.1 Å². The molecule has 0 radical (unpaired) electrons. The van der Waals surface area contributed by atoms with Gasteiger partial charge in [0.15, 0.2) is 0 Å². The molecule has 0 unspecified atom stereocenters. The molecule has 2 aliphatic heterocycles. The molecule has 4 nitrogen and oxygen atoms in total. The maximum absolute atomic E-state index is 3.77. The van der Waals surface area contributed by atoms with Crippen molar-refractivity contribution in [3.05, 3.63) is 95.3 Å². The molecule has 4 heterocycles. The summed E-state index contributed by atoms with van der Waals surface area (Å²) < 4.78 is 0. The average molecular weight is 563 g/mol. The van der Waals surface area contributed by atoms with Crippen molar-refractivity contribution in [1.82, 2.24) is 19.8 Å². The number of benzene rings is 2. The first-order chi connectivity index (χ1) is 20.7. The molecule has 0 saturated carbocycles. The smallest absolute Gasteiger partial charge is 0.0456 e. The van der Waals surface area contributed by atoms with Gasteiger partial charge in [-0.05, 0) is 123 Å². The van der Waals surface area contributed by atoms with E-state index >= 15 is 0 Å². The van der Waals surface area contributed by atoms with Gasteiger partial charge in [-0.3, -0.25) is 9.80 Å². The Labute approximate surface area is 253 Å². The normalized spacial score (nSPS) is 19.7. The molecular weight excluding hydrogens is 512 g/mol. The number of nitrogens with zero attached hydrogens (tertiary/aromatic N) is 2. The minimum Gasteiger partial charge on any atom is -0.357 e. The Hall–Kier alpha value is -3.08. The fraction of sp³-hybridized carbons (Fsp3) is 0.474. The molecule has 42 heavy (non-hydrogen) atoms. The van der Waals surface area contributed by atoms with Gasteiger partial charge in [-0.25, -0.2) is 0 Å². The number of unbranched alkanes of at least 4 members (excludes halogenated alkanes) is 2. The van der Waals surface area contributed by atoms with Crippen LogP contribution < -0.4 is 0 Å². The maximum atomic E-state index is 3.77. The van der Waals surface area contributed by atoms with Crippen molar-refractivity contribution < 1.29 is 0 Å². The number of hydrogen-bond acceptors (Lipinski definition) is 2. The summed E-state index contributed by atoms with van der Waals surface area (Å²) in [5.74, 6) is 0. The number of rotatable bonds is 13. The monoisotopic (exact) mass is 562 g/mol. The molecule has 2 aliphatic rings. The van der Waals surface area contributed by atoms with Crippen molar-refractivity contribution in [2.45, 2.75) is 103 Å². The van der Waals surface area contributed by atoms with Gasteiger partial charge >= 0.3 is 0 Å². The van der Waals surface area contributed by atoms with Crippen LogP contribution in [0, 0.1) is 0 Å². The van der Waals surface area contributed by atoms with Gasteiger partial charge in [0.1, 0.15) is 0 Å². The molecule has 2 N–H and O–H groups in total. The number of hydrogen-bond donors (Lipinski definition) is 2. The number of aromatic amines is 2. The van der Waals surface area contributed by atoms with Crippen LogP contribution in [0.1, 0.15) is 87.7 Å². The quantitative estimate of drug-likeness (QED) is 0.171. The summed E-state index contributed by atoms with van der Waals surface area (Å²) in [4.78, 5) is 13.1. The maximum Gasteiger partial charge on any atom is 0.0456 e. The first-order valence-corrected chi connectivity index (χ1v) is 16.7. The van der Waals surface area contributed by atoms with Crippen LogP contribution in [0.2, 0.25) is 0 Å². The predicted molar refractivity (Wildman–Crippen MR) is 177 cm³/mol. The molecule has 2 aromatic heterocycles. The van der Waals surface area contributed by atoms with E-state index in [0.29, 0.717) is 12.1 Å². The van der Waals surface area contributed by atoms with E-state index in [4.69, 9.17) is 0 Å². The van der Waals surface area contributed by atoms with Gasteiger partial charge in [0.05, 0.1) is 0 Å². The first-order valence-electron chi connectivity index (χ1n) is 16.7. The summed E-state index contributed by atoms with van der Waals surface area (Å²) in [6.07, 6.45) is 12.6. The predicted octanol–water partition coefficient (Wildman–Crippen LogP) is 8.99. The molecular formula is C38H50N4. The van der Waals surface area contributed by atoms with E-state index in [1.54, 1.807) is 0 Å². The van der Waals surface area contributed by atoms with Crippen molar-refractivity contribution >= 4 is 0 Å². The summed E-state index contributed by atoms with van der Waals surface area (Å²) in [5.41, 5.74) is 10.7. The van der Waals surface area contributed by atoms with Crippen LogP contribution in [0.15, 0.2) is 72.8 Å². The Morgan fingerprint density at radius 2 is 1.10 bits per heavy atom. The van der Waals surface area contributed by atoms with E-state index in [2.05, 4.69) is 106 Å². The molecule has 6 rings (SSSR count). The van der Waals surface area contributed by atoms with E-state index in [9.17, 15) is 0 Å². The second-order valence-electron chi connectivity index (χ2n) is 12.8. The van der Waals surface area contributed by atoms with E-state index in [-0.39, 0.29) is 0 Å². The summed E-state index contributed by atoms with van der Waals surface area (Å²) in [6.45, 7) is 8.98. The molecule has 2 atom stereocenters. The van der Waals surface area contributed by atoms with Crippen LogP contribution in [0.4, 0.5) is 0 Å². The Morgan fingerprint density at radius 3 is 1.55 bits per heavy atom. The van der Waals surface area contributed by atoms with Gasteiger partial charge in [0.25, 0.3) is 0 Å². The van der Waals surface area contributed by atoms with Gasteiger partial charge in [0, 0.05) is 47.9 Å². The standard InChI is InChI=1S/C38H50N4/c1-3-5-11-29-13-7-15-31(25-29)35-21-19-33(39-35)27-41-23-9-17-37(41)38-18-10-24-42(38)28-34-20-22-36(40-34)32-16-8-14-30(26-32)12-6-4-2/h7-8,13-16,19-22,25-26,37-40H,3-6,9-12,17-18,23-24,27-28H2,1-2H3/t37-,38-/m0/s1. The lowest BCUT2D eigenvalue weighted by atomic mass is 10.0. The second kappa shape index (κ2) is 13.9. The Kier molecular flexibility index (Phi) is 9.62. The summed E-state index contributed by atoms with van der Waals surface area (Å²) in [6, 6.07) is 28.7. The first kappa shape index (κ1) is 29.0. The van der Waals surface area contributed by atoms with Crippen LogP contribution in [0.25, 0.3) is 22.5 Å². The number of aromatic nitrogens is 2. The van der Waals surface area contributed by atoms with Gasteiger partial charge in [-0.1, -0.05) is 63.1 Å².